The van der Waals surface area contributed by atoms with E-state index in [-0.39, 0.29) is 17.7 Å². The summed E-state index contributed by atoms with van der Waals surface area (Å²) in [4.78, 5) is 15.3. The van der Waals surface area contributed by atoms with Gasteiger partial charge in [0.15, 0.2) is 0 Å². The maximum absolute atomic E-state index is 13.0. The molecule has 3 fully saturated rings. The monoisotopic (exact) mass is 406 g/mol. The summed E-state index contributed by atoms with van der Waals surface area (Å²) in [7, 11) is -3.48. The summed E-state index contributed by atoms with van der Waals surface area (Å²) in [5, 5.41) is 10.8. The minimum atomic E-state index is -3.48. The zero-order chi connectivity index (χ0) is 19.8. The normalized spacial score (nSPS) is 30.0. The van der Waals surface area contributed by atoms with Gasteiger partial charge in [0.1, 0.15) is 0 Å². The summed E-state index contributed by atoms with van der Waals surface area (Å²) < 4.78 is 27.0. The summed E-state index contributed by atoms with van der Waals surface area (Å²) in [5.41, 5.74) is -0.581. The van der Waals surface area contributed by atoms with Crippen molar-refractivity contribution in [1.29, 1.82) is 0 Å². The number of carbonyl (C=O) groups is 1. The second-order valence-corrected chi connectivity index (χ2v) is 10.5. The molecule has 3 aliphatic rings. The number of hydrogen-bond acceptors (Lipinski definition) is 4. The molecule has 1 saturated carbocycles. The van der Waals surface area contributed by atoms with Crippen LogP contribution in [0.25, 0.3) is 0 Å². The standard InChI is InChI=1S/C21H30N2O4S/c24-20(22-15-12-21(25)11-5-4-6-18(21)16-22)17-9-13-23(14-10-17)28(26,27)19-7-2-1-3-8-19/h1-3,7-8,17-18,25H,4-6,9-16H2/t18-,21-/m1/s1. The van der Waals surface area contributed by atoms with Gasteiger partial charge in [-0.2, -0.15) is 4.31 Å². The number of nitrogens with zero attached hydrogens (tertiary/aromatic N) is 2. The molecule has 7 heteroatoms. The quantitative estimate of drug-likeness (QED) is 0.835. The van der Waals surface area contributed by atoms with Crippen molar-refractivity contribution >= 4 is 15.9 Å². The molecule has 0 spiro atoms. The number of fused-ring (bicyclic) bond motifs is 1. The molecule has 1 aliphatic carbocycles. The first-order chi connectivity index (χ1) is 13.4. The molecule has 2 aliphatic heterocycles. The molecule has 1 amide bonds. The highest BCUT2D eigenvalue weighted by molar-refractivity contribution is 7.89. The first-order valence-electron chi connectivity index (χ1n) is 10.5. The minimum Gasteiger partial charge on any atom is -0.389 e. The largest absolute Gasteiger partial charge is 0.389 e. The molecular formula is C21H30N2O4S. The van der Waals surface area contributed by atoms with Crippen LogP contribution in [-0.2, 0) is 14.8 Å². The SMILES string of the molecule is O=C(C1CCN(S(=O)(=O)c2ccccc2)CC1)N1CC[C@]2(O)CCCC[C@@H]2C1. The van der Waals surface area contributed by atoms with Crippen LogP contribution in [0.15, 0.2) is 35.2 Å². The Morgan fingerprint density at radius 1 is 1.00 bits per heavy atom. The van der Waals surface area contributed by atoms with Crippen molar-refractivity contribution < 1.29 is 18.3 Å². The maximum Gasteiger partial charge on any atom is 0.243 e. The van der Waals surface area contributed by atoms with Crippen LogP contribution in [-0.4, -0.2) is 60.4 Å². The molecule has 1 aromatic carbocycles. The predicted molar refractivity (Wildman–Crippen MR) is 106 cm³/mol. The van der Waals surface area contributed by atoms with E-state index in [0.717, 1.165) is 25.7 Å². The van der Waals surface area contributed by atoms with Crippen LogP contribution in [0.4, 0.5) is 0 Å². The molecule has 28 heavy (non-hydrogen) atoms. The van der Waals surface area contributed by atoms with Crippen LogP contribution < -0.4 is 0 Å². The summed E-state index contributed by atoms with van der Waals surface area (Å²) in [6.45, 7) is 2.04. The van der Waals surface area contributed by atoms with E-state index in [9.17, 15) is 18.3 Å². The Morgan fingerprint density at radius 2 is 1.71 bits per heavy atom. The first kappa shape index (κ1) is 19.9. The number of piperidine rings is 2. The predicted octanol–water partition coefficient (Wildman–Crippen LogP) is 2.24. The Hall–Kier alpha value is -1.44. The molecule has 1 N–H and O–H groups in total. The number of sulfonamides is 1. The molecule has 2 saturated heterocycles. The molecule has 0 radical (unpaired) electrons. The van der Waals surface area contributed by atoms with E-state index in [2.05, 4.69) is 0 Å². The number of amides is 1. The molecule has 6 nitrogen and oxygen atoms in total. The van der Waals surface area contributed by atoms with Crippen molar-refractivity contribution in [3.05, 3.63) is 30.3 Å². The maximum atomic E-state index is 13.0. The number of rotatable bonds is 3. The van der Waals surface area contributed by atoms with Crippen molar-refractivity contribution in [2.45, 2.75) is 55.4 Å². The summed E-state index contributed by atoms with van der Waals surface area (Å²) in [6, 6.07) is 8.49. The lowest BCUT2D eigenvalue weighted by Crippen LogP contribution is -2.56. The topological polar surface area (TPSA) is 77.9 Å². The minimum absolute atomic E-state index is 0.114. The molecule has 154 valence electrons. The molecule has 0 bridgehead atoms. The van der Waals surface area contributed by atoms with E-state index in [1.54, 1.807) is 30.3 Å². The highest BCUT2D eigenvalue weighted by atomic mass is 32.2. The van der Waals surface area contributed by atoms with Gasteiger partial charge in [-0.15, -0.1) is 0 Å². The summed E-state index contributed by atoms with van der Waals surface area (Å²) >= 11 is 0. The molecule has 2 heterocycles. The van der Waals surface area contributed by atoms with E-state index in [1.807, 2.05) is 4.90 Å². The second kappa shape index (κ2) is 7.76. The fraction of sp³-hybridized carbons (Fsp3) is 0.667. The Balaban J connectivity index is 1.36. The van der Waals surface area contributed by atoms with Gasteiger partial charge in [-0.3, -0.25) is 4.79 Å². The van der Waals surface area contributed by atoms with Gasteiger partial charge in [0.05, 0.1) is 10.5 Å². The Morgan fingerprint density at radius 3 is 2.43 bits per heavy atom. The number of carbonyl (C=O) groups excluding carboxylic acids is 1. The van der Waals surface area contributed by atoms with Gasteiger partial charge in [0.2, 0.25) is 15.9 Å². The van der Waals surface area contributed by atoms with Gasteiger partial charge >= 0.3 is 0 Å². The average molecular weight is 407 g/mol. The van der Waals surface area contributed by atoms with Crippen molar-refractivity contribution in [2.75, 3.05) is 26.2 Å². The highest BCUT2D eigenvalue weighted by Crippen LogP contribution is 2.40. The van der Waals surface area contributed by atoms with Crippen molar-refractivity contribution in [2.24, 2.45) is 11.8 Å². The van der Waals surface area contributed by atoms with Gasteiger partial charge in [-0.1, -0.05) is 31.0 Å². The number of benzene rings is 1. The van der Waals surface area contributed by atoms with E-state index in [1.165, 1.54) is 4.31 Å². The van der Waals surface area contributed by atoms with Gasteiger partial charge in [0, 0.05) is 38.0 Å². The summed E-state index contributed by atoms with van der Waals surface area (Å²) in [6.07, 6.45) is 5.86. The number of aliphatic hydroxyl groups is 1. The van der Waals surface area contributed by atoms with E-state index in [4.69, 9.17) is 0 Å². The van der Waals surface area contributed by atoms with Crippen LogP contribution in [0.3, 0.4) is 0 Å². The zero-order valence-corrected chi connectivity index (χ0v) is 17.1. The van der Waals surface area contributed by atoms with Crippen LogP contribution in [0.1, 0.15) is 44.9 Å². The molecule has 4 rings (SSSR count). The van der Waals surface area contributed by atoms with Gasteiger partial charge < -0.3 is 10.0 Å². The van der Waals surface area contributed by atoms with Crippen LogP contribution in [0.5, 0.6) is 0 Å². The van der Waals surface area contributed by atoms with Gasteiger partial charge in [-0.25, -0.2) is 8.42 Å². The fourth-order valence-electron chi connectivity index (χ4n) is 5.11. The first-order valence-corrected chi connectivity index (χ1v) is 11.9. The fourth-order valence-corrected chi connectivity index (χ4v) is 6.60. The van der Waals surface area contributed by atoms with Gasteiger partial charge in [-0.05, 0) is 44.2 Å². The Bertz CT molecular complexity index is 805. The van der Waals surface area contributed by atoms with E-state index < -0.39 is 15.6 Å². The van der Waals surface area contributed by atoms with Crippen LogP contribution >= 0.6 is 0 Å². The van der Waals surface area contributed by atoms with E-state index >= 15 is 0 Å². The lowest BCUT2D eigenvalue weighted by atomic mass is 9.71. The third-order valence-electron chi connectivity index (χ3n) is 6.92. The lowest BCUT2D eigenvalue weighted by Gasteiger charge is -2.48. The van der Waals surface area contributed by atoms with Crippen molar-refractivity contribution in [3.8, 4) is 0 Å². The summed E-state index contributed by atoms with van der Waals surface area (Å²) in [5.74, 6) is 0.221. The molecular weight excluding hydrogens is 376 g/mol. The Kier molecular flexibility index (Phi) is 5.51. The molecule has 0 unspecified atom stereocenters. The third-order valence-corrected chi connectivity index (χ3v) is 8.84. The molecule has 2 atom stereocenters. The highest BCUT2D eigenvalue weighted by Gasteiger charge is 2.45. The van der Waals surface area contributed by atoms with E-state index in [0.29, 0.717) is 50.3 Å². The number of hydrogen-bond donors (Lipinski definition) is 1. The van der Waals surface area contributed by atoms with Gasteiger partial charge in [0.25, 0.3) is 0 Å². The second-order valence-electron chi connectivity index (χ2n) is 8.57. The zero-order valence-electron chi connectivity index (χ0n) is 16.3. The third kappa shape index (κ3) is 3.72. The lowest BCUT2D eigenvalue weighted by molar-refractivity contribution is -0.148. The van der Waals surface area contributed by atoms with Crippen LogP contribution in [0, 0.1) is 11.8 Å². The van der Waals surface area contributed by atoms with Crippen molar-refractivity contribution in [3.63, 3.8) is 0 Å². The number of likely N-dealkylation sites (tertiary alicyclic amines) is 1. The van der Waals surface area contributed by atoms with Crippen LogP contribution in [0.2, 0.25) is 0 Å². The van der Waals surface area contributed by atoms with Crippen molar-refractivity contribution in [1.82, 2.24) is 9.21 Å². The average Bonchev–Trinajstić information content (AvgIpc) is 2.73. The molecule has 1 aromatic rings. The Labute approximate surface area is 167 Å². The molecule has 0 aromatic heterocycles. The smallest absolute Gasteiger partial charge is 0.243 e.